The Bertz CT molecular complexity index is 893. The van der Waals surface area contributed by atoms with E-state index < -0.39 is 0 Å². The molecule has 3 aromatic rings. The van der Waals surface area contributed by atoms with E-state index in [4.69, 9.17) is 0 Å². The molecule has 1 heterocycles. The molecule has 1 amide bonds. The number of amides is 1. The number of benzene rings is 2. The van der Waals surface area contributed by atoms with E-state index in [0.29, 0.717) is 18.1 Å². The van der Waals surface area contributed by atoms with Crippen molar-refractivity contribution < 1.29 is 9.18 Å². The number of halogens is 1. The number of carbonyl (C=O) groups is 1. The van der Waals surface area contributed by atoms with Crippen LogP contribution in [0.3, 0.4) is 0 Å². The molecule has 1 N–H and O–H groups in total. The first kappa shape index (κ1) is 19.0. The van der Waals surface area contributed by atoms with Gasteiger partial charge in [0.1, 0.15) is 10.8 Å². The summed E-state index contributed by atoms with van der Waals surface area (Å²) in [7, 11) is 0. The Morgan fingerprint density at radius 2 is 1.81 bits per heavy atom. The van der Waals surface area contributed by atoms with Crippen molar-refractivity contribution in [2.75, 3.05) is 11.4 Å². The Morgan fingerprint density at radius 3 is 2.48 bits per heavy atom. The third kappa shape index (κ3) is 5.10. The van der Waals surface area contributed by atoms with Crippen molar-refractivity contribution >= 4 is 22.9 Å². The van der Waals surface area contributed by atoms with Gasteiger partial charge in [-0.3, -0.25) is 4.79 Å². The molecular formula is C20H21FN4OS. The predicted octanol–water partition coefficient (Wildman–Crippen LogP) is 3.94. The number of aromatic nitrogens is 2. The van der Waals surface area contributed by atoms with Crippen LogP contribution < -0.4 is 10.2 Å². The van der Waals surface area contributed by atoms with Crippen LogP contribution in [-0.2, 0) is 13.1 Å². The summed E-state index contributed by atoms with van der Waals surface area (Å²) in [6.07, 6.45) is 0. The molecule has 2 aromatic carbocycles. The average Bonchev–Trinajstić information content (AvgIpc) is 3.15. The summed E-state index contributed by atoms with van der Waals surface area (Å²) in [6, 6.07) is 14.3. The molecule has 5 nitrogen and oxygen atoms in total. The summed E-state index contributed by atoms with van der Waals surface area (Å²) >= 11 is 1.27. The Balaban J connectivity index is 1.60. The van der Waals surface area contributed by atoms with Crippen LogP contribution in [0.5, 0.6) is 0 Å². The number of carbonyl (C=O) groups excluding carboxylic acids is 1. The highest BCUT2D eigenvalue weighted by Crippen LogP contribution is 2.19. The number of nitrogens with one attached hydrogen (secondary N) is 1. The zero-order chi connectivity index (χ0) is 19.2. The minimum absolute atomic E-state index is 0.232. The van der Waals surface area contributed by atoms with Crippen LogP contribution in [-0.4, -0.2) is 22.6 Å². The molecule has 0 unspecified atom stereocenters. The average molecular weight is 384 g/mol. The van der Waals surface area contributed by atoms with Gasteiger partial charge in [0.25, 0.3) is 5.91 Å². The number of hydrogen-bond acceptors (Lipinski definition) is 5. The van der Waals surface area contributed by atoms with E-state index in [1.54, 1.807) is 12.1 Å². The van der Waals surface area contributed by atoms with E-state index in [2.05, 4.69) is 15.5 Å². The molecule has 0 aliphatic rings. The number of nitrogens with zero attached hydrogens (tertiary/aromatic N) is 3. The molecule has 140 valence electrons. The summed E-state index contributed by atoms with van der Waals surface area (Å²) in [5.74, 6) is -0.498. The van der Waals surface area contributed by atoms with Crippen molar-refractivity contribution in [3.8, 4) is 0 Å². The molecule has 0 aliphatic carbocycles. The molecule has 0 radical (unpaired) electrons. The van der Waals surface area contributed by atoms with Gasteiger partial charge >= 0.3 is 0 Å². The first-order valence-electron chi connectivity index (χ1n) is 8.72. The molecule has 0 saturated heterocycles. The van der Waals surface area contributed by atoms with Crippen LogP contribution >= 0.6 is 11.3 Å². The summed E-state index contributed by atoms with van der Waals surface area (Å²) in [5.41, 5.74) is 3.12. The number of anilines is 1. The van der Waals surface area contributed by atoms with E-state index in [9.17, 15) is 9.18 Å². The molecule has 0 aliphatic heterocycles. The topological polar surface area (TPSA) is 58.1 Å². The van der Waals surface area contributed by atoms with E-state index in [0.717, 1.165) is 22.8 Å². The van der Waals surface area contributed by atoms with Crippen molar-refractivity contribution in [3.05, 3.63) is 75.5 Å². The van der Waals surface area contributed by atoms with Gasteiger partial charge in [0, 0.05) is 18.8 Å². The van der Waals surface area contributed by atoms with Crippen molar-refractivity contribution in [1.29, 1.82) is 0 Å². The van der Waals surface area contributed by atoms with Crippen molar-refractivity contribution in [1.82, 2.24) is 15.5 Å². The van der Waals surface area contributed by atoms with Gasteiger partial charge in [-0.25, -0.2) is 4.39 Å². The van der Waals surface area contributed by atoms with Crippen LogP contribution in [0.25, 0.3) is 0 Å². The fourth-order valence-electron chi connectivity index (χ4n) is 2.57. The molecule has 3 rings (SSSR count). The monoisotopic (exact) mass is 384 g/mol. The number of rotatable bonds is 7. The van der Waals surface area contributed by atoms with Crippen LogP contribution in [0.1, 0.15) is 32.9 Å². The Kier molecular flexibility index (Phi) is 6.13. The van der Waals surface area contributed by atoms with Crippen LogP contribution in [0, 0.1) is 12.7 Å². The smallest absolute Gasteiger partial charge is 0.282 e. The van der Waals surface area contributed by atoms with Crippen LogP contribution in [0.15, 0.2) is 48.5 Å². The fourth-order valence-corrected chi connectivity index (χ4v) is 3.35. The highest BCUT2D eigenvalue weighted by molar-refractivity contribution is 7.13. The molecule has 0 saturated carbocycles. The normalized spacial score (nSPS) is 10.6. The Hall–Kier alpha value is -2.80. The van der Waals surface area contributed by atoms with Gasteiger partial charge in [0.2, 0.25) is 5.01 Å². The first-order valence-corrected chi connectivity index (χ1v) is 9.53. The van der Waals surface area contributed by atoms with Gasteiger partial charge in [-0.05, 0) is 43.7 Å². The quantitative estimate of drug-likeness (QED) is 0.670. The molecule has 0 bridgehead atoms. The summed E-state index contributed by atoms with van der Waals surface area (Å²) in [6.45, 7) is 5.74. The second-order valence-electron chi connectivity index (χ2n) is 6.16. The van der Waals surface area contributed by atoms with E-state index >= 15 is 0 Å². The maximum absolute atomic E-state index is 13.1. The second-order valence-corrected chi connectivity index (χ2v) is 7.22. The molecule has 0 spiro atoms. The molecule has 0 fully saturated rings. The van der Waals surface area contributed by atoms with Crippen molar-refractivity contribution in [3.63, 3.8) is 0 Å². The van der Waals surface area contributed by atoms with Crippen LogP contribution in [0.2, 0.25) is 0 Å². The molecule has 27 heavy (non-hydrogen) atoms. The molecular weight excluding hydrogens is 363 g/mol. The Morgan fingerprint density at radius 1 is 1.11 bits per heavy atom. The van der Waals surface area contributed by atoms with Gasteiger partial charge in [0.15, 0.2) is 0 Å². The van der Waals surface area contributed by atoms with Gasteiger partial charge in [-0.1, -0.05) is 41.2 Å². The summed E-state index contributed by atoms with van der Waals surface area (Å²) in [5, 5.41) is 12.1. The van der Waals surface area contributed by atoms with E-state index in [1.807, 2.05) is 43.0 Å². The zero-order valence-corrected chi connectivity index (χ0v) is 16.1. The highest BCUT2D eigenvalue weighted by Gasteiger charge is 2.15. The van der Waals surface area contributed by atoms with E-state index in [1.165, 1.54) is 29.0 Å². The number of aryl methyl sites for hydroxylation is 1. The lowest BCUT2D eigenvalue weighted by Gasteiger charge is -2.21. The van der Waals surface area contributed by atoms with Gasteiger partial charge in [-0.15, -0.1) is 10.2 Å². The minimum Gasteiger partial charge on any atom is -0.365 e. The van der Waals surface area contributed by atoms with Gasteiger partial charge < -0.3 is 10.2 Å². The number of hydrogen-bond donors (Lipinski definition) is 1. The lowest BCUT2D eigenvalue weighted by atomic mass is 10.1. The van der Waals surface area contributed by atoms with Crippen molar-refractivity contribution in [2.24, 2.45) is 0 Å². The first-order chi connectivity index (χ1) is 13.0. The summed E-state index contributed by atoms with van der Waals surface area (Å²) < 4.78 is 13.1. The SMILES string of the molecule is CCN(Cc1nnc(C(=O)NCc2ccc(C)cc2)s1)c1ccc(F)cc1. The largest absolute Gasteiger partial charge is 0.365 e. The third-order valence-corrected chi connectivity index (χ3v) is 5.04. The maximum Gasteiger partial charge on any atom is 0.282 e. The standard InChI is InChI=1S/C20H21FN4OS/c1-3-25(17-10-8-16(21)9-11-17)13-18-23-24-20(27-18)19(26)22-12-15-6-4-14(2)5-7-15/h4-11H,3,12-13H2,1-2H3,(H,22,26). The lowest BCUT2D eigenvalue weighted by molar-refractivity contribution is 0.0950. The lowest BCUT2D eigenvalue weighted by Crippen LogP contribution is -2.22. The van der Waals surface area contributed by atoms with Crippen molar-refractivity contribution in [2.45, 2.75) is 26.9 Å². The zero-order valence-electron chi connectivity index (χ0n) is 15.3. The Labute approximate surface area is 161 Å². The maximum atomic E-state index is 13.1. The summed E-state index contributed by atoms with van der Waals surface area (Å²) in [4.78, 5) is 14.4. The predicted molar refractivity (Wildman–Crippen MR) is 105 cm³/mol. The second kappa shape index (κ2) is 8.73. The molecule has 1 aromatic heterocycles. The molecule has 7 heteroatoms. The van der Waals surface area contributed by atoms with E-state index in [-0.39, 0.29) is 11.7 Å². The fraction of sp³-hybridized carbons (Fsp3) is 0.250. The van der Waals surface area contributed by atoms with Crippen LogP contribution in [0.4, 0.5) is 10.1 Å². The highest BCUT2D eigenvalue weighted by atomic mass is 32.1. The minimum atomic E-state index is -0.266. The third-order valence-electron chi connectivity index (χ3n) is 4.13. The van der Waals surface area contributed by atoms with Gasteiger partial charge in [-0.2, -0.15) is 0 Å². The molecule has 0 atom stereocenters. The van der Waals surface area contributed by atoms with Gasteiger partial charge in [0.05, 0.1) is 6.54 Å².